The summed E-state index contributed by atoms with van der Waals surface area (Å²) in [5.74, 6) is 0.595. The lowest BCUT2D eigenvalue weighted by molar-refractivity contribution is -0.113. The van der Waals surface area contributed by atoms with Crippen molar-refractivity contribution in [3.63, 3.8) is 0 Å². The number of fused-ring (bicyclic) bond motifs is 1. The van der Waals surface area contributed by atoms with Gasteiger partial charge >= 0.3 is 0 Å². The predicted octanol–water partition coefficient (Wildman–Crippen LogP) is 3.04. The number of amides is 1. The fourth-order valence-electron chi connectivity index (χ4n) is 2.74. The van der Waals surface area contributed by atoms with Crippen LogP contribution in [-0.4, -0.2) is 38.3 Å². The molecule has 3 heterocycles. The Morgan fingerprint density at radius 1 is 1.20 bits per heavy atom. The fourth-order valence-corrected chi connectivity index (χ4v) is 4.22. The van der Waals surface area contributed by atoms with Crippen LogP contribution in [0.3, 0.4) is 0 Å². The van der Waals surface area contributed by atoms with E-state index in [2.05, 4.69) is 20.3 Å². The van der Waals surface area contributed by atoms with Crippen molar-refractivity contribution < 1.29 is 9.53 Å². The summed E-state index contributed by atoms with van der Waals surface area (Å²) in [6.07, 6.45) is 2.96. The van der Waals surface area contributed by atoms with Gasteiger partial charge in [0.15, 0.2) is 16.3 Å². The standard InChI is InChI=1S/C20H17N5O3S2/c1-28-14-6-4-13(5-7-14)23-16(26)12-30-20-24-18-17(21-8-9-22-18)19(27)25(20)11-15-3-2-10-29-15/h2-10H,11-12H2,1H3,(H,23,26). The molecule has 0 radical (unpaired) electrons. The molecule has 8 nitrogen and oxygen atoms in total. The number of thiophene rings is 1. The highest BCUT2D eigenvalue weighted by atomic mass is 32.2. The van der Waals surface area contributed by atoms with E-state index < -0.39 is 0 Å². The normalized spacial score (nSPS) is 10.8. The number of aromatic nitrogens is 4. The number of thioether (sulfide) groups is 1. The van der Waals surface area contributed by atoms with Crippen LogP contribution in [0.15, 0.2) is 64.1 Å². The monoisotopic (exact) mass is 439 g/mol. The molecule has 1 N–H and O–H groups in total. The molecule has 0 unspecified atom stereocenters. The number of hydrogen-bond acceptors (Lipinski definition) is 8. The van der Waals surface area contributed by atoms with E-state index in [1.165, 1.54) is 28.7 Å². The van der Waals surface area contributed by atoms with Crippen molar-refractivity contribution in [3.8, 4) is 5.75 Å². The highest BCUT2D eigenvalue weighted by molar-refractivity contribution is 7.99. The summed E-state index contributed by atoms with van der Waals surface area (Å²) >= 11 is 2.73. The van der Waals surface area contributed by atoms with Gasteiger partial charge in [-0.3, -0.25) is 14.2 Å². The molecular weight excluding hydrogens is 422 g/mol. The van der Waals surface area contributed by atoms with Gasteiger partial charge in [0, 0.05) is 23.0 Å². The first-order valence-corrected chi connectivity index (χ1v) is 10.8. The predicted molar refractivity (Wildman–Crippen MR) is 117 cm³/mol. The van der Waals surface area contributed by atoms with Crippen LogP contribution < -0.4 is 15.6 Å². The average molecular weight is 440 g/mol. The zero-order valence-corrected chi connectivity index (χ0v) is 17.6. The van der Waals surface area contributed by atoms with E-state index >= 15 is 0 Å². The molecule has 0 aliphatic carbocycles. The summed E-state index contributed by atoms with van der Waals surface area (Å²) in [7, 11) is 1.58. The second-order valence-corrected chi connectivity index (χ2v) is 8.13. The van der Waals surface area contributed by atoms with Crippen LogP contribution in [0.5, 0.6) is 5.75 Å². The molecule has 1 amide bonds. The Labute approximate surface area is 180 Å². The minimum absolute atomic E-state index is 0.0919. The quantitative estimate of drug-likeness (QED) is 0.349. The molecule has 0 atom stereocenters. The first-order chi connectivity index (χ1) is 14.6. The van der Waals surface area contributed by atoms with Crippen molar-refractivity contribution in [2.75, 3.05) is 18.2 Å². The van der Waals surface area contributed by atoms with Gasteiger partial charge in [0.2, 0.25) is 5.91 Å². The van der Waals surface area contributed by atoms with E-state index in [9.17, 15) is 9.59 Å². The number of nitrogens with zero attached hydrogens (tertiary/aromatic N) is 4. The third-order valence-corrected chi connectivity index (χ3v) is 6.00. The molecule has 0 aliphatic heterocycles. The van der Waals surface area contributed by atoms with Crippen molar-refractivity contribution >= 4 is 45.9 Å². The zero-order valence-electron chi connectivity index (χ0n) is 15.9. The number of methoxy groups -OCH3 is 1. The maximum Gasteiger partial charge on any atom is 0.282 e. The Kier molecular flexibility index (Phi) is 6.05. The molecular formula is C20H17N5O3S2. The number of anilines is 1. The van der Waals surface area contributed by atoms with Crippen LogP contribution in [0.25, 0.3) is 11.2 Å². The van der Waals surface area contributed by atoms with Crippen molar-refractivity contribution in [2.24, 2.45) is 0 Å². The minimum Gasteiger partial charge on any atom is -0.497 e. The van der Waals surface area contributed by atoms with Gasteiger partial charge in [-0.1, -0.05) is 17.8 Å². The van der Waals surface area contributed by atoms with Crippen LogP contribution in [0.2, 0.25) is 0 Å². The van der Waals surface area contributed by atoms with Crippen molar-refractivity contribution in [2.45, 2.75) is 11.7 Å². The van der Waals surface area contributed by atoms with Crippen LogP contribution in [-0.2, 0) is 11.3 Å². The third-order valence-electron chi connectivity index (χ3n) is 4.16. The highest BCUT2D eigenvalue weighted by Gasteiger charge is 2.15. The molecule has 0 saturated carbocycles. The van der Waals surface area contributed by atoms with Gasteiger partial charge in [0.25, 0.3) is 5.56 Å². The molecule has 0 aliphatic rings. The van der Waals surface area contributed by atoms with Crippen LogP contribution in [0, 0.1) is 0 Å². The first-order valence-electron chi connectivity index (χ1n) is 8.94. The summed E-state index contributed by atoms with van der Waals surface area (Å²) in [4.78, 5) is 39.1. The minimum atomic E-state index is -0.278. The number of benzene rings is 1. The van der Waals surface area contributed by atoms with Crippen LogP contribution in [0.1, 0.15) is 4.88 Å². The Morgan fingerprint density at radius 3 is 2.73 bits per heavy atom. The highest BCUT2D eigenvalue weighted by Crippen LogP contribution is 2.20. The lowest BCUT2D eigenvalue weighted by atomic mass is 10.3. The van der Waals surface area contributed by atoms with Gasteiger partial charge in [-0.05, 0) is 35.7 Å². The van der Waals surface area contributed by atoms with Crippen molar-refractivity contribution in [3.05, 3.63) is 69.4 Å². The summed E-state index contributed by atoms with van der Waals surface area (Å²) in [5, 5.41) is 5.19. The summed E-state index contributed by atoms with van der Waals surface area (Å²) < 4.78 is 6.65. The van der Waals surface area contributed by atoms with E-state index in [4.69, 9.17) is 4.74 Å². The molecule has 1 aromatic carbocycles. The molecule has 0 fully saturated rings. The number of ether oxygens (including phenoxy) is 1. The first kappa shape index (κ1) is 20.0. The summed E-state index contributed by atoms with van der Waals surface area (Å²) in [5.41, 5.74) is 0.860. The van der Waals surface area contributed by atoms with Gasteiger partial charge in [-0.25, -0.2) is 15.0 Å². The number of nitrogens with one attached hydrogen (secondary N) is 1. The fraction of sp³-hybridized carbons (Fsp3) is 0.150. The van der Waals surface area contributed by atoms with Crippen LogP contribution >= 0.6 is 23.1 Å². The van der Waals surface area contributed by atoms with Crippen LogP contribution in [0.4, 0.5) is 5.69 Å². The van der Waals surface area contributed by atoms with E-state index in [1.807, 2.05) is 17.5 Å². The number of carbonyl (C=O) groups is 1. The number of hydrogen-bond donors (Lipinski definition) is 1. The molecule has 4 rings (SSSR count). The lowest BCUT2D eigenvalue weighted by Gasteiger charge is -2.12. The number of carbonyl (C=O) groups excluding carboxylic acids is 1. The second-order valence-electron chi connectivity index (χ2n) is 6.16. The number of rotatable bonds is 7. The van der Waals surface area contributed by atoms with E-state index in [0.717, 1.165) is 4.88 Å². The maximum atomic E-state index is 13.0. The largest absolute Gasteiger partial charge is 0.497 e. The smallest absolute Gasteiger partial charge is 0.282 e. The third kappa shape index (κ3) is 4.50. The van der Waals surface area contributed by atoms with Gasteiger partial charge in [0.1, 0.15) is 5.75 Å². The zero-order chi connectivity index (χ0) is 20.9. The molecule has 3 aromatic heterocycles. The topological polar surface area (TPSA) is 99.0 Å². The lowest BCUT2D eigenvalue weighted by Crippen LogP contribution is -2.25. The molecule has 0 saturated heterocycles. The van der Waals surface area contributed by atoms with E-state index in [0.29, 0.717) is 23.1 Å². The Morgan fingerprint density at radius 2 is 2.00 bits per heavy atom. The molecule has 30 heavy (non-hydrogen) atoms. The second kappa shape index (κ2) is 9.06. The van der Waals surface area contributed by atoms with Gasteiger partial charge in [-0.15, -0.1) is 11.3 Å². The SMILES string of the molecule is COc1ccc(NC(=O)CSc2nc3nccnc3c(=O)n2Cc2cccs2)cc1. The van der Waals surface area contributed by atoms with Gasteiger partial charge in [-0.2, -0.15) is 0 Å². The summed E-state index contributed by atoms with van der Waals surface area (Å²) in [6, 6.07) is 10.9. The average Bonchev–Trinajstić information content (AvgIpc) is 3.28. The molecule has 4 aromatic rings. The molecule has 0 spiro atoms. The van der Waals surface area contributed by atoms with Gasteiger partial charge in [0.05, 0.1) is 19.4 Å². The van der Waals surface area contributed by atoms with Gasteiger partial charge < -0.3 is 10.1 Å². The Bertz CT molecular complexity index is 1220. The van der Waals surface area contributed by atoms with Crippen molar-refractivity contribution in [1.82, 2.24) is 19.5 Å². The molecule has 0 bridgehead atoms. The van der Waals surface area contributed by atoms with E-state index in [1.54, 1.807) is 42.7 Å². The Balaban J connectivity index is 1.56. The summed E-state index contributed by atoms with van der Waals surface area (Å²) in [6.45, 7) is 0.360. The van der Waals surface area contributed by atoms with E-state index in [-0.39, 0.29) is 28.4 Å². The molecule has 152 valence electrons. The van der Waals surface area contributed by atoms with Crippen molar-refractivity contribution in [1.29, 1.82) is 0 Å². The Hall–Kier alpha value is -3.24. The maximum absolute atomic E-state index is 13.0. The molecule has 10 heteroatoms.